The van der Waals surface area contributed by atoms with Crippen LogP contribution in [-0.2, 0) is 4.74 Å². The number of hydrogen-bond donors (Lipinski definition) is 1. The molecular weight excluding hydrogens is 292 g/mol. The molecule has 6 heteroatoms. The lowest BCUT2D eigenvalue weighted by molar-refractivity contribution is -0.0262. The third-order valence-electron chi connectivity index (χ3n) is 3.30. The highest BCUT2D eigenvalue weighted by molar-refractivity contribution is 5.85. The molecule has 0 aliphatic carbocycles. The number of benzene rings is 1. The highest BCUT2D eigenvalue weighted by atomic mass is 35.5. The Labute approximate surface area is 132 Å². The smallest absolute Gasteiger partial charge is 0.161 e. The number of para-hydroxylation sites is 2. The van der Waals surface area contributed by atoms with Gasteiger partial charge in [0.05, 0.1) is 19.3 Å². The van der Waals surface area contributed by atoms with Gasteiger partial charge in [-0.15, -0.1) is 12.4 Å². The van der Waals surface area contributed by atoms with Crippen LogP contribution >= 0.6 is 12.4 Å². The lowest BCUT2D eigenvalue weighted by Gasteiger charge is -2.32. The highest BCUT2D eigenvalue weighted by Gasteiger charge is 2.18. The van der Waals surface area contributed by atoms with E-state index in [1.54, 1.807) is 0 Å². The third kappa shape index (κ3) is 5.71. The predicted octanol–water partition coefficient (Wildman–Crippen LogP) is 1.55. The highest BCUT2D eigenvalue weighted by Crippen LogP contribution is 2.26. The summed E-state index contributed by atoms with van der Waals surface area (Å²) in [6.07, 6.45) is 0.152. The van der Waals surface area contributed by atoms with Crippen LogP contribution in [0.25, 0.3) is 0 Å². The molecule has 0 amide bonds. The van der Waals surface area contributed by atoms with Gasteiger partial charge in [-0.3, -0.25) is 4.90 Å². The Hall–Kier alpha value is -1.01. The summed E-state index contributed by atoms with van der Waals surface area (Å²) in [5.41, 5.74) is 5.64. The molecule has 0 saturated carbocycles. The second-order valence-corrected chi connectivity index (χ2v) is 4.76. The summed E-state index contributed by atoms with van der Waals surface area (Å²) in [7, 11) is 0. The summed E-state index contributed by atoms with van der Waals surface area (Å²) in [5, 5.41) is 0. The van der Waals surface area contributed by atoms with E-state index < -0.39 is 0 Å². The molecule has 1 fully saturated rings. The molecule has 1 aliphatic heterocycles. The normalized spacial score (nSPS) is 18.9. The predicted molar refractivity (Wildman–Crippen MR) is 85.6 cm³/mol. The first-order valence-corrected chi connectivity index (χ1v) is 7.22. The number of morpholine rings is 1. The van der Waals surface area contributed by atoms with Gasteiger partial charge in [-0.25, -0.2) is 0 Å². The molecular formula is C15H25ClN2O3. The fourth-order valence-corrected chi connectivity index (χ4v) is 2.25. The zero-order valence-electron chi connectivity index (χ0n) is 12.5. The van der Waals surface area contributed by atoms with Crippen molar-refractivity contribution in [2.75, 3.05) is 46.0 Å². The number of ether oxygens (including phenoxy) is 3. The monoisotopic (exact) mass is 316 g/mol. The maximum absolute atomic E-state index is 5.82. The molecule has 1 saturated heterocycles. The molecule has 1 atom stereocenters. The first kappa shape index (κ1) is 18.0. The van der Waals surface area contributed by atoms with E-state index in [-0.39, 0.29) is 18.5 Å². The van der Waals surface area contributed by atoms with Crippen molar-refractivity contribution in [3.05, 3.63) is 24.3 Å². The van der Waals surface area contributed by atoms with Crippen LogP contribution in [0.5, 0.6) is 11.5 Å². The summed E-state index contributed by atoms with van der Waals surface area (Å²) in [6.45, 7) is 7.27. The fourth-order valence-electron chi connectivity index (χ4n) is 2.25. The van der Waals surface area contributed by atoms with Crippen LogP contribution < -0.4 is 15.2 Å². The minimum atomic E-state index is 0. The van der Waals surface area contributed by atoms with Crippen LogP contribution in [0.2, 0.25) is 0 Å². The molecule has 1 aromatic rings. The molecule has 1 aromatic carbocycles. The Balaban J connectivity index is 0.00000220. The van der Waals surface area contributed by atoms with Gasteiger partial charge >= 0.3 is 0 Å². The van der Waals surface area contributed by atoms with Gasteiger partial charge in [0.15, 0.2) is 11.5 Å². The molecule has 120 valence electrons. The van der Waals surface area contributed by atoms with Crippen LogP contribution in [0, 0.1) is 0 Å². The van der Waals surface area contributed by atoms with Crippen LogP contribution in [0.15, 0.2) is 24.3 Å². The Kier molecular flexibility index (Phi) is 8.45. The first-order valence-electron chi connectivity index (χ1n) is 7.22. The molecule has 0 radical (unpaired) electrons. The zero-order valence-corrected chi connectivity index (χ0v) is 13.3. The second kappa shape index (κ2) is 9.84. The topological polar surface area (TPSA) is 57.0 Å². The Morgan fingerprint density at radius 2 is 2.00 bits per heavy atom. The van der Waals surface area contributed by atoms with Crippen molar-refractivity contribution in [3.63, 3.8) is 0 Å². The molecule has 0 aromatic heterocycles. The number of nitrogens with two attached hydrogens (primary N) is 1. The number of rotatable bonds is 7. The average Bonchev–Trinajstić information content (AvgIpc) is 2.49. The van der Waals surface area contributed by atoms with Gasteiger partial charge in [-0.1, -0.05) is 12.1 Å². The van der Waals surface area contributed by atoms with Crippen LogP contribution in [0.3, 0.4) is 0 Å². The zero-order chi connectivity index (χ0) is 14.2. The number of halogens is 1. The van der Waals surface area contributed by atoms with Gasteiger partial charge in [0.2, 0.25) is 0 Å². The molecule has 5 nitrogen and oxygen atoms in total. The third-order valence-corrected chi connectivity index (χ3v) is 3.30. The first-order chi connectivity index (χ1) is 9.83. The SMILES string of the molecule is CCOc1ccccc1OCCN1CCOC(CN)C1.Cl. The number of nitrogens with zero attached hydrogens (tertiary/aromatic N) is 1. The van der Waals surface area contributed by atoms with Gasteiger partial charge in [0.1, 0.15) is 6.61 Å². The van der Waals surface area contributed by atoms with E-state index in [4.69, 9.17) is 19.9 Å². The summed E-state index contributed by atoms with van der Waals surface area (Å²) >= 11 is 0. The van der Waals surface area contributed by atoms with E-state index in [1.165, 1.54) is 0 Å². The van der Waals surface area contributed by atoms with E-state index in [0.717, 1.165) is 37.7 Å². The molecule has 2 rings (SSSR count). The van der Waals surface area contributed by atoms with Crippen molar-refractivity contribution in [2.24, 2.45) is 5.73 Å². The van der Waals surface area contributed by atoms with Crippen molar-refractivity contribution in [2.45, 2.75) is 13.0 Å². The minimum Gasteiger partial charge on any atom is -0.490 e. The summed E-state index contributed by atoms with van der Waals surface area (Å²) in [5.74, 6) is 1.61. The molecule has 21 heavy (non-hydrogen) atoms. The van der Waals surface area contributed by atoms with E-state index in [0.29, 0.717) is 19.8 Å². The average molecular weight is 317 g/mol. The molecule has 1 unspecified atom stereocenters. The maximum Gasteiger partial charge on any atom is 0.161 e. The van der Waals surface area contributed by atoms with Crippen LogP contribution in [0.1, 0.15) is 6.92 Å². The maximum atomic E-state index is 5.82. The molecule has 1 aliphatic rings. The van der Waals surface area contributed by atoms with Crippen LogP contribution in [0.4, 0.5) is 0 Å². The largest absolute Gasteiger partial charge is 0.490 e. The molecule has 1 heterocycles. The molecule has 2 N–H and O–H groups in total. The van der Waals surface area contributed by atoms with Crippen molar-refractivity contribution in [1.29, 1.82) is 0 Å². The van der Waals surface area contributed by atoms with Crippen molar-refractivity contribution < 1.29 is 14.2 Å². The quantitative estimate of drug-likeness (QED) is 0.827. The van der Waals surface area contributed by atoms with Crippen molar-refractivity contribution in [1.82, 2.24) is 4.90 Å². The fraction of sp³-hybridized carbons (Fsp3) is 0.600. The van der Waals surface area contributed by atoms with E-state index in [1.807, 2.05) is 31.2 Å². The van der Waals surface area contributed by atoms with E-state index in [2.05, 4.69) is 4.90 Å². The summed E-state index contributed by atoms with van der Waals surface area (Å²) in [6, 6.07) is 7.77. The molecule has 0 bridgehead atoms. The van der Waals surface area contributed by atoms with Crippen molar-refractivity contribution in [3.8, 4) is 11.5 Å². The van der Waals surface area contributed by atoms with Gasteiger partial charge in [0.25, 0.3) is 0 Å². The molecule has 0 spiro atoms. The van der Waals surface area contributed by atoms with Gasteiger partial charge in [-0.2, -0.15) is 0 Å². The van der Waals surface area contributed by atoms with Gasteiger partial charge < -0.3 is 19.9 Å². The summed E-state index contributed by atoms with van der Waals surface area (Å²) < 4.78 is 16.9. The van der Waals surface area contributed by atoms with E-state index >= 15 is 0 Å². The second-order valence-electron chi connectivity index (χ2n) is 4.76. The minimum absolute atomic E-state index is 0. The summed E-state index contributed by atoms with van der Waals surface area (Å²) in [4.78, 5) is 2.32. The Bertz CT molecular complexity index is 406. The van der Waals surface area contributed by atoms with Gasteiger partial charge in [-0.05, 0) is 19.1 Å². The Morgan fingerprint density at radius 1 is 1.29 bits per heavy atom. The Morgan fingerprint density at radius 3 is 2.67 bits per heavy atom. The number of hydrogen-bond acceptors (Lipinski definition) is 5. The lowest BCUT2D eigenvalue weighted by Crippen LogP contribution is -2.46. The van der Waals surface area contributed by atoms with Gasteiger partial charge in [0, 0.05) is 26.2 Å². The van der Waals surface area contributed by atoms with Crippen LogP contribution in [-0.4, -0.2) is 57.0 Å². The van der Waals surface area contributed by atoms with Crippen molar-refractivity contribution >= 4 is 12.4 Å². The lowest BCUT2D eigenvalue weighted by atomic mass is 10.3. The van der Waals surface area contributed by atoms with E-state index in [9.17, 15) is 0 Å². The standard InChI is InChI=1S/C15H24N2O3.ClH/c1-2-18-14-5-3-4-6-15(14)20-10-8-17-7-9-19-13(11-16)12-17;/h3-6,13H,2,7-12,16H2,1H3;1H.